The number of nitrogens with zero attached hydrogens (tertiary/aromatic N) is 5. The number of rotatable bonds is 6. The molecule has 0 saturated heterocycles. The Hall–Kier alpha value is -4.21. The lowest BCUT2D eigenvalue weighted by atomic mass is 9.83. The van der Waals surface area contributed by atoms with Crippen LogP contribution in [0.1, 0.15) is 29.2 Å². The third-order valence-corrected chi connectivity index (χ3v) is 5.84. The maximum atomic E-state index is 11.1. The number of aromatic nitrogens is 2. The van der Waals surface area contributed by atoms with Crippen LogP contribution in [-0.4, -0.2) is 41.8 Å². The molecule has 1 atom stereocenters. The van der Waals surface area contributed by atoms with Gasteiger partial charge in [0.25, 0.3) is 0 Å². The van der Waals surface area contributed by atoms with Crippen LogP contribution < -0.4 is 10.1 Å². The summed E-state index contributed by atoms with van der Waals surface area (Å²) in [5, 5.41) is 32.2. The van der Waals surface area contributed by atoms with E-state index in [0.29, 0.717) is 46.8 Å². The largest absolute Gasteiger partial charge is 0.410 e. The summed E-state index contributed by atoms with van der Waals surface area (Å²) in [6.45, 7) is 4.07. The van der Waals surface area contributed by atoms with E-state index < -0.39 is 5.41 Å². The Kier molecular flexibility index (Phi) is 5.83. The average molecular weight is 435 g/mol. The fourth-order valence-corrected chi connectivity index (χ4v) is 4.04. The first kappa shape index (κ1) is 22.0. The Balaban J connectivity index is 1.77. The smallest absolute Gasteiger partial charge is 0.329 e. The van der Waals surface area contributed by atoms with E-state index >= 15 is 0 Å². The van der Waals surface area contributed by atoms with E-state index in [4.69, 9.17) is 0 Å². The quantitative estimate of drug-likeness (QED) is 0.447. The molecule has 3 aromatic rings. The lowest BCUT2D eigenvalue weighted by molar-refractivity contribution is 0.217. The monoisotopic (exact) mass is 435 g/mol. The molecule has 2 aromatic carbocycles. The molecule has 2 heterocycles. The number of aliphatic hydroxyl groups excluding tert-OH is 1. The van der Waals surface area contributed by atoms with Crippen LogP contribution in [-0.2, 0) is 10.2 Å². The minimum atomic E-state index is -0.639. The van der Waals surface area contributed by atoms with Crippen molar-refractivity contribution >= 4 is 30.9 Å². The molecule has 1 aromatic heterocycles. The molecule has 0 aliphatic carbocycles. The van der Waals surface area contributed by atoms with Crippen molar-refractivity contribution in [2.45, 2.75) is 19.3 Å². The summed E-state index contributed by atoms with van der Waals surface area (Å²) in [5.74, 6) is 0.352. The second kappa shape index (κ2) is 8.74. The molecule has 8 nitrogen and oxygen atoms in total. The predicted octanol–water partition coefficient (Wildman–Crippen LogP) is 2.82. The average Bonchev–Trinajstić information content (AvgIpc) is 3.12. The first-order valence-corrected chi connectivity index (χ1v) is 10.3. The van der Waals surface area contributed by atoms with E-state index in [9.17, 15) is 20.4 Å². The number of aryl methyl sites for hydroxylation is 1. The van der Waals surface area contributed by atoms with Gasteiger partial charge >= 0.3 is 7.41 Å². The molecular weight excluding hydrogens is 415 g/mol. The Labute approximate surface area is 192 Å². The number of benzene rings is 2. The summed E-state index contributed by atoms with van der Waals surface area (Å²) in [5.41, 5.74) is 4.65. The van der Waals surface area contributed by atoms with Gasteiger partial charge in [0.2, 0.25) is 5.95 Å². The molecule has 0 amide bonds. The maximum Gasteiger partial charge on any atom is 0.329 e. The zero-order chi connectivity index (χ0) is 23.6. The second-order valence-corrected chi connectivity index (χ2v) is 8.20. The van der Waals surface area contributed by atoms with E-state index in [1.807, 2.05) is 26.0 Å². The molecule has 33 heavy (non-hydrogen) atoms. The Bertz CT molecular complexity index is 1330. The van der Waals surface area contributed by atoms with E-state index in [1.54, 1.807) is 35.3 Å². The summed E-state index contributed by atoms with van der Waals surface area (Å²) in [4.78, 5) is 21.7. The number of hydrogen-bond acceptors (Lipinski definition) is 8. The van der Waals surface area contributed by atoms with Gasteiger partial charge in [-0.05, 0) is 48.4 Å². The van der Waals surface area contributed by atoms with Crippen LogP contribution in [0, 0.1) is 29.6 Å². The van der Waals surface area contributed by atoms with Crippen LogP contribution in [0.25, 0.3) is 11.3 Å². The number of hydrogen-bond donors (Lipinski definition) is 2. The fourth-order valence-electron chi connectivity index (χ4n) is 4.04. The molecule has 0 bridgehead atoms. The summed E-state index contributed by atoms with van der Waals surface area (Å²) < 4.78 is 0. The van der Waals surface area contributed by atoms with Gasteiger partial charge < -0.3 is 20.0 Å². The number of carbonyl (C=O) groups excluding carboxylic acids is 1. The maximum absolute atomic E-state index is 11.1. The highest BCUT2D eigenvalue weighted by Crippen LogP contribution is 2.44. The molecule has 161 valence electrons. The van der Waals surface area contributed by atoms with Crippen molar-refractivity contribution in [1.82, 2.24) is 9.97 Å². The van der Waals surface area contributed by atoms with E-state index in [0.717, 1.165) is 16.8 Å². The number of anilines is 3. The van der Waals surface area contributed by atoms with Gasteiger partial charge in [-0.2, -0.15) is 10.5 Å². The second-order valence-electron chi connectivity index (χ2n) is 8.20. The van der Waals surface area contributed by atoms with E-state index in [1.165, 1.54) is 7.41 Å². The minimum Gasteiger partial charge on any atom is -0.410 e. The normalized spacial score (nSPS) is 16.5. The number of nitrogens with one attached hydrogen (secondary N) is 1. The van der Waals surface area contributed by atoms with Crippen LogP contribution in [0.15, 0.2) is 42.6 Å². The van der Waals surface area contributed by atoms with Crippen molar-refractivity contribution in [3.63, 3.8) is 0 Å². The lowest BCUT2D eigenvalue weighted by Gasteiger charge is -2.23. The van der Waals surface area contributed by atoms with Crippen molar-refractivity contribution in [3.05, 3.63) is 64.8 Å². The predicted molar refractivity (Wildman–Crippen MR) is 126 cm³/mol. The lowest BCUT2D eigenvalue weighted by Crippen LogP contribution is -2.36. The number of carbonyl (C=O) groups is 1. The molecule has 1 radical (unpaired) electrons. The Morgan fingerprint density at radius 3 is 2.79 bits per heavy atom. The van der Waals surface area contributed by atoms with Crippen molar-refractivity contribution < 1.29 is 9.90 Å². The molecule has 2 N–H and O–H groups in total. The third kappa shape index (κ3) is 4.02. The molecule has 0 fully saturated rings. The SMILES string of the molecule is Cc1ccc(C#N)cc1Nc1nccc(-c2cc(C#N)c3c(c2)[C@@](C)(CO)CN3[B]C=O)n1. The van der Waals surface area contributed by atoms with Gasteiger partial charge in [0.05, 0.1) is 29.5 Å². The van der Waals surface area contributed by atoms with E-state index in [2.05, 4.69) is 27.4 Å². The summed E-state index contributed by atoms with van der Waals surface area (Å²) in [6.07, 6.45) is 2.29. The van der Waals surface area contributed by atoms with Crippen LogP contribution in [0.3, 0.4) is 0 Å². The van der Waals surface area contributed by atoms with Crippen LogP contribution in [0.2, 0.25) is 0 Å². The van der Waals surface area contributed by atoms with Gasteiger partial charge in [-0.15, -0.1) is 0 Å². The zero-order valence-electron chi connectivity index (χ0n) is 18.2. The van der Waals surface area contributed by atoms with Crippen molar-refractivity contribution in [3.8, 4) is 23.4 Å². The van der Waals surface area contributed by atoms with Gasteiger partial charge in [-0.1, -0.05) is 13.0 Å². The number of nitriles is 2. The third-order valence-electron chi connectivity index (χ3n) is 5.84. The Morgan fingerprint density at radius 2 is 2.09 bits per heavy atom. The molecule has 0 unspecified atom stereocenters. The Morgan fingerprint density at radius 1 is 1.27 bits per heavy atom. The molecule has 4 rings (SSSR count). The fraction of sp³-hybridized carbons (Fsp3) is 0.208. The number of aliphatic hydroxyl groups is 1. The van der Waals surface area contributed by atoms with Crippen molar-refractivity contribution in [1.29, 1.82) is 10.5 Å². The standard InChI is InChI=1S/C24H20BN6O2/c1-15-3-4-16(10-26)7-21(15)30-23-28-6-5-20(29-23)17-8-18(11-27)22-19(9-17)24(2,13-32)12-31(22)25-14-33/h3-9,14,32H,12-13H2,1-2H3,(H,28,29,30)/t24-/m1/s1. The van der Waals surface area contributed by atoms with Gasteiger partial charge in [0, 0.05) is 35.1 Å². The summed E-state index contributed by atoms with van der Waals surface area (Å²) in [6, 6.07) is 15.0. The molecule has 0 spiro atoms. The highest BCUT2D eigenvalue weighted by molar-refractivity contribution is 6.70. The topological polar surface area (TPSA) is 126 Å². The molecule has 0 saturated carbocycles. The highest BCUT2D eigenvalue weighted by Gasteiger charge is 2.40. The molecular formula is C24H20BN6O2. The van der Waals surface area contributed by atoms with Gasteiger partial charge in [0.15, 0.2) is 0 Å². The van der Waals surface area contributed by atoms with Crippen LogP contribution in [0.5, 0.6) is 0 Å². The minimum absolute atomic E-state index is 0.136. The first-order chi connectivity index (χ1) is 15.9. The van der Waals surface area contributed by atoms with Gasteiger partial charge in [-0.3, -0.25) is 0 Å². The summed E-state index contributed by atoms with van der Waals surface area (Å²) in [7, 11) is 1.38. The van der Waals surface area contributed by atoms with Gasteiger partial charge in [-0.25, -0.2) is 9.97 Å². The first-order valence-electron chi connectivity index (χ1n) is 10.3. The molecule has 9 heteroatoms. The highest BCUT2D eigenvalue weighted by atomic mass is 16.3. The van der Waals surface area contributed by atoms with E-state index in [-0.39, 0.29) is 6.61 Å². The zero-order valence-corrected chi connectivity index (χ0v) is 18.2. The van der Waals surface area contributed by atoms with Gasteiger partial charge in [0.1, 0.15) is 12.3 Å². The van der Waals surface area contributed by atoms with Crippen LogP contribution in [0.4, 0.5) is 17.3 Å². The summed E-state index contributed by atoms with van der Waals surface area (Å²) >= 11 is 0. The van der Waals surface area contributed by atoms with Crippen LogP contribution >= 0.6 is 0 Å². The molecule has 1 aliphatic heterocycles. The number of fused-ring (bicyclic) bond motifs is 1. The molecule has 1 aliphatic rings. The van der Waals surface area contributed by atoms with Crippen molar-refractivity contribution in [2.24, 2.45) is 0 Å². The van der Waals surface area contributed by atoms with Crippen molar-refractivity contribution in [2.75, 3.05) is 23.3 Å².